The molecule has 1 rings (SSSR count). The third kappa shape index (κ3) is 4.40. The van der Waals surface area contributed by atoms with Crippen LogP contribution in [0.15, 0.2) is 0 Å². The molecular formula is C13H28N2O. The highest BCUT2D eigenvalue weighted by Gasteiger charge is 2.33. The number of hydrogen-bond acceptors (Lipinski definition) is 3. The number of ether oxygens (including phenoxy) is 1. The fraction of sp³-hybridized carbons (Fsp3) is 1.00. The van der Waals surface area contributed by atoms with Crippen molar-refractivity contribution in [2.45, 2.75) is 51.6 Å². The van der Waals surface area contributed by atoms with Crippen LogP contribution < -0.4 is 5.73 Å². The molecule has 96 valence electrons. The van der Waals surface area contributed by atoms with Crippen molar-refractivity contribution in [3.05, 3.63) is 0 Å². The molecule has 0 aromatic rings. The predicted octanol–water partition coefficient (Wildman–Crippen LogP) is 1.86. The third-order valence-electron chi connectivity index (χ3n) is 3.83. The van der Waals surface area contributed by atoms with Gasteiger partial charge in [0.05, 0.1) is 6.61 Å². The molecule has 1 fully saturated rings. The van der Waals surface area contributed by atoms with Gasteiger partial charge in [-0.1, -0.05) is 6.92 Å². The third-order valence-corrected chi connectivity index (χ3v) is 3.83. The molecule has 1 saturated carbocycles. The zero-order chi connectivity index (χ0) is 12.2. The maximum absolute atomic E-state index is 6.26. The van der Waals surface area contributed by atoms with E-state index in [9.17, 15) is 0 Å². The van der Waals surface area contributed by atoms with Gasteiger partial charge >= 0.3 is 0 Å². The minimum atomic E-state index is -0.0725. The number of rotatable bonds is 8. The highest BCUT2D eigenvalue weighted by molar-refractivity contribution is 4.89. The summed E-state index contributed by atoms with van der Waals surface area (Å²) >= 11 is 0. The summed E-state index contributed by atoms with van der Waals surface area (Å²) in [6, 6.07) is 0.657. The molecule has 1 aliphatic carbocycles. The van der Waals surface area contributed by atoms with Crippen LogP contribution in [0.2, 0.25) is 0 Å². The Bertz CT molecular complexity index is 202. The van der Waals surface area contributed by atoms with Crippen LogP contribution in [-0.2, 0) is 4.74 Å². The maximum Gasteiger partial charge on any atom is 0.0589 e. The molecule has 0 aromatic carbocycles. The van der Waals surface area contributed by atoms with Crippen LogP contribution in [-0.4, -0.2) is 43.3 Å². The zero-order valence-corrected chi connectivity index (χ0v) is 11.3. The summed E-state index contributed by atoms with van der Waals surface area (Å²) < 4.78 is 5.19. The number of nitrogens with zero attached hydrogens (tertiary/aromatic N) is 1. The summed E-state index contributed by atoms with van der Waals surface area (Å²) in [5, 5.41) is 0. The molecule has 0 amide bonds. The molecule has 0 radical (unpaired) electrons. The van der Waals surface area contributed by atoms with Gasteiger partial charge in [-0.2, -0.15) is 0 Å². The van der Waals surface area contributed by atoms with E-state index in [4.69, 9.17) is 10.5 Å². The molecule has 0 aromatic heterocycles. The lowest BCUT2D eigenvalue weighted by atomic mass is 9.98. The Hall–Kier alpha value is -0.120. The molecule has 3 nitrogen and oxygen atoms in total. The Kier molecular flexibility index (Phi) is 5.22. The molecule has 2 atom stereocenters. The fourth-order valence-corrected chi connectivity index (χ4v) is 2.09. The van der Waals surface area contributed by atoms with E-state index in [0.29, 0.717) is 6.04 Å². The van der Waals surface area contributed by atoms with Gasteiger partial charge < -0.3 is 10.5 Å². The van der Waals surface area contributed by atoms with Gasteiger partial charge in [0, 0.05) is 31.8 Å². The standard InChI is InChI=1S/C13H28N2O/c1-5-13(3,14)10-15(8-9-16-4)11(2)12-6-7-12/h11-12H,5-10,14H2,1-4H3. The minimum absolute atomic E-state index is 0.0725. The van der Waals surface area contributed by atoms with Gasteiger partial charge in [0.15, 0.2) is 0 Å². The Morgan fingerprint density at radius 2 is 2.12 bits per heavy atom. The summed E-state index contributed by atoms with van der Waals surface area (Å²) in [6.07, 6.45) is 3.80. The van der Waals surface area contributed by atoms with Gasteiger partial charge in [-0.05, 0) is 39.0 Å². The van der Waals surface area contributed by atoms with Crippen molar-refractivity contribution >= 4 is 0 Å². The molecule has 1 aliphatic rings. The molecule has 0 bridgehead atoms. The Balaban J connectivity index is 2.48. The molecule has 2 unspecified atom stereocenters. The van der Waals surface area contributed by atoms with Crippen LogP contribution >= 0.6 is 0 Å². The molecule has 0 heterocycles. The average molecular weight is 228 g/mol. The molecular weight excluding hydrogens is 200 g/mol. The largest absolute Gasteiger partial charge is 0.383 e. The quantitative estimate of drug-likeness (QED) is 0.689. The Labute approximate surface area is 100 Å². The van der Waals surface area contributed by atoms with E-state index in [1.165, 1.54) is 12.8 Å². The lowest BCUT2D eigenvalue weighted by molar-refractivity contribution is 0.0981. The first-order valence-electron chi connectivity index (χ1n) is 6.52. The van der Waals surface area contributed by atoms with Gasteiger partial charge in [0.25, 0.3) is 0 Å². The summed E-state index contributed by atoms with van der Waals surface area (Å²) in [5.41, 5.74) is 6.19. The highest BCUT2D eigenvalue weighted by Crippen LogP contribution is 2.35. The monoisotopic (exact) mass is 228 g/mol. The normalized spacial score (nSPS) is 22.1. The zero-order valence-electron chi connectivity index (χ0n) is 11.3. The first-order chi connectivity index (χ1) is 7.50. The molecule has 0 saturated heterocycles. The van der Waals surface area contributed by atoms with Gasteiger partial charge in [0.1, 0.15) is 0 Å². The number of methoxy groups -OCH3 is 1. The van der Waals surface area contributed by atoms with Crippen LogP contribution in [0.5, 0.6) is 0 Å². The van der Waals surface area contributed by atoms with Crippen molar-refractivity contribution < 1.29 is 4.74 Å². The van der Waals surface area contributed by atoms with Crippen molar-refractivity contribution in [2.24, 2.45) is 11.7 Å². The van der Waals surface area contributed by atoms with E-state index in [2.05, 4.69) is 25.7 Å². The molecule has 3 heteroatoms. The minimum Gasteiger partial charge on any atom is -0.383 e. The second kappa shape index (κ2) is 5.99. The van der Waals surface area contributed by atoms with E-state index < -0.39 is 0 Å². The second-order valence-electron chi connectivity index (χ2n) is 5.55. The topological polar surface area (TPSA) is 38.5 Å². The molecule has 16 heavy (non-hydrogen) atoms. The molecule has 2 N–H and O–H groups in total. The van der Waals surface area contributed by atoms with Gasteiger partial charge in [-0.3, -0.25) is 4.90 Å². The van der Waals surface area contributed by atoms with Crippen molar-refractivity contribution in [1.29, 1.82) is 0 Å². The fourth-order valence-electron chi connectivity index (χ4n) is 2.09. The van der Waals surface area contributed by atoms with Crippen molar-refractivity contribution in [1.82, 2.24) is 4.90 Å². The van der Waals surface area contributed by atoms with Gasteiger partial charge in [0.2, 0.25) is 0 Å². The van der Waals surface area contributed by atoms with Crippen molar-refractivity contribution in [3.8, 4) is 0 Å². The smallest absolute Gasteiger partial charge is 0.0589 e. The average Bonchev–Trinajstić information content (AvgIpc) is 3.07. The maximum atomic E-state index is 6.26. The Morgan fingerprint density at radius 1 is 1.50 bits per heavy atom. The van der Waals surface area contributed by atoms with Crippen LogP contribution in [0.3, 0.4) is 0 Å². The predicted molar refractivity (Wildman–Crippen MR) is 68.5 cm³/mol. The van der Waals surface area contributed by atoms with Crippen LogP contribution in [0.4, 0.5) is 0 Å². The highest BCUT2D eigenvalue weighted by atomic mass is 16.5. The summed E-state index contributed by atoms with van der Waals surface area (Å²) in [6.45, 7) is 9.42. The first kappa shape index (κ1) is 13.9. The van der Waals surface area contributed by atoms with E-state index in [1.807, 2.05) is 0 Å². The summed E-state index contributed by atoms with van der Waals surface area (Å²) in [4.78, 5) is 2.50. The summed E-state index contributed by atoms with van der Waals surface area (Å²) in [5.74, 6) is 0.893. The Morgan fingerprint density at radius 3 is 2.56 bits per heavy atom. The second-order valence-corrected chi connectivity index (χ2v) is 5.55. The van der Waals surface area contributed by atoms with Gasteiger partial charge in [-0.15, -0.1) is 0 Å². The summed E-state index contributed by atoms with van der Waals surface area (Å²) in [7, 11) is 1.77. The molecule has 0 spiro atoms. The lowest BCUT2D eigenvalue weighted by Gasteiger charge is -2.36. The SMILES string of the molecule is CCC(C)(N)CN(CCOC)C(C)C1CC1. The van der Waals surface area contributed by atoms with E-state index in [0.717, 1.165) is 32.0 Å². The first-order valence-corrected chi connectivity index (χ1v) is 6.52. The van der Waals surface area contributed by atoms with Crippen molar-refractivity contribution in [3.63, 3.8) is 0 Å². The van der Waals surface area contributed by atoms with E-state index >= 15 is 0 Å². The van der Waals surface area contributed by atoms with Crippen molar-refractivity contribution in [2.75, 3.05) is 26.8 Å². The molecule has 0 aliphatic heterocycles. The van der Waals surface area contributed by atoms with E-state index in [1.54, 1.807) is 7.11 Å². The van der Waals surface area contributed by atoms with Crippen LogP contribution in [0.25, 0.3) is 0 Å². The number of nitrogens with two attached hydrogens (primary N) is 1. The van der Waals surface area contributed by atoms with E-state index in [-0.39, 0.29) is 5.54 Å². The lowest BCUT2D eigenvalue weighted by Crippen LogP contribution is -2.51. The van der Waals surface area contributed by atoms with Crippen LogP contribution in [0.1, 0.15) is 40.0 Å². The number of hydrogen-bond donors (Lipinski definition) is 1. The van der Waals surface area contributed by atoms with Crippen LogP contribution in [0, 0.1) is 5.92 Å². The van der Waals surface area contributed by atoms with Gasteiger partial charge in [-0.25, -0.2) is 0 Å².